The van der Waals surface area contributed by atoms with Gasteiger partial charge < -0.3 is 0 Å². The maximum atomic E-state index is 13.0. The second-order valence-electron chi connectivity index (χ2n) is 9.04. The predicted octanol–water partition coefficient (Wildman–Crippen LogP) is 4.60. The van der Waals surface area contributed by atoms with Gasteiger partial charge in [0.15, 0.2) is 11.0 Å². The second kappa shape index (κ2) is 8.13. The number of allylic oxidation sites excluding steroid dienone is 4. The molecule has 0 spiro atoms. The zero-order valence-electron chi connectivity index (χ0n) is 17.5. The van der Waals surface area contributed by atoms with Gasteiger partial charge in [-0.15, -0.1) is 10.2 Å². The Morgan fingerprint density at radius 1 is 1.00 bits per heavy atom. The highest BCUT2D eigenvalue weighted by molar-refractivity contribution is 8.15. The van der Waals surface area contributed by atoms with Crippen LogP contribution < -0.4 is 0 Å². The highest BCUT2D eigenvalue weighted by Crippen LogP contribution is 2.37. The number of amidine groups is 1. The predicted molar refractivity (Wildman–Crippen MR) is 114 cm³/mol. The van der Waals surface area contributed by atoms with Crippen LogP contribution in [0.5, 0.6) is 0 Å². The molecule has 0 bridgehead atoms. The molecule has 1 aliphatic carbocycles. The highest BCUT2D eigenvalue weighted by Gasteiger charge is 2.34. The van der Waals surface area contributed by atoms with E-state index in [2.05, 4.69) is 17.1 Å². The lowest BCUT2D eigenvalue weighted by Crippen LogP contribution is -2.30. The minimum absolute atomic E-state index is 0.0802. The summed E-state index contributed by atoms with van der Waals surface area (Å²) in [6.07, 6.45) is 5.63. The van der Waals surface area contributed by atoms with Crippen molar-refractivity contribution in [3.63, 3.8) is 0 Å². The quantitative estimate of drug-likeness (QED) is 0.521. The average molecular weight is 390 g/mol. The number of hydrogen-bond acceptors (Lipinski definition) is 5. The summed E-state index contributed by atoms with van der Waals surface area (Å²) in [5.74, 6) is 0.581. The molecule has 5 nitrogen and oxygen atoms in total. The van der Waals surface area contributed by atoms with Gasteiger partial charge in [-0.05, 0) is 29.4 Å². The van der Waals surface area contributed by atoms with E-state index in [0.29, 0.717) is 23.2 Å². The van der Waals surface area contributed by atoms with E-state index < -0.39 is 0 Å². The minimum Gasteiger partial charge on any atom is -0.289 e. The van der Waals surface area contributed by atoms with Crippen molar-refractivity contribution in [2.24, 2.45) is 21.0 Å². The maximum Gasteiger partial charge on any atom is 0.239 e. The standard InChI is InChI=1S/C21H31N3O2S/c1-8-9-10-24-17(25)13-27-19(24)23-22-14-11-15(20(2,3)4)18(26)16(12-14)21(5,6)7/h11-12H,8-10,13H2,1-7H3/b23-19+. The van der Waals surface area contributed by atoms with E-state index in [4.69, 9.17) is 0 Å². The first-order valence-corrected chi connectivity index (χ1v) is 10.5. The summed E-state index contributed by atoms with van der Waals surface area (Å²) in [4.78, 5) is 26.7. The van der Waals surface area contributed by atoms with Crippen molar-refractivity contribution >= 4 is 34.3 Å². The number of amides is 1. The summed E-state index contributed by atoms with van der Waals surface area (Å²) < 4.78 is 0. The van der Waals surface area contributed by atoms with Crippen molar-refractivity contribution in [2.45, 2.75) is 61.3 Å². The van der Waals surface area contributed by atoms with Gasteiger partial charge >= 0.3 is 0 Å². The molecule has 1 aliphatic heterocycles. The van der Waals surface area contributed by atoms with Crippen LogP contribution in [0.25, 0.3) is 0 Å². The van der Waals surface area contributed by atoms with E-state index in [1.807, 2.05) is 53.7 Å². The molecule has 1 amide bonds. The van der Waals surface area contributed by atoms with Crippen LogP contribution in [0, 0.1) is 10.8 Å². The molecule has 2 aliphatic rings. The molecule has 0 saturated carbocycles. The summed E-state index contributed by atoms with van der Waals surface area (Å²) in [5.41, 5.74) is 1.59. The molecule has 0 N–H and O–H groups in total. The number of thioether (sulfide) groups is 1. The normalized spacial score (nSPS) is 20.3. The van der Waals surface area contributed by atoms with Crippen molar-refractivity contribution in [3.8, 4) is 0 Å². The van der Waals surface area contributed by atoms with Gasteiger partial charge in [0.1, 0.15) is 0 Å². The monoisotopic (exact) mass is 389 g/mol. The van der Waals surface area contributed by atoms with Crippen molar-refractivity contribution in [1.29, 1.82) is 0 Å². The van der Waals surface area contributed by atoms with Crippen LogP contribution in [-0.4, -0.2) is 39.8 Å². The zero-order valence-corrected chi connectivity index (χ0v) is 18.4. The summed E-state index contributed by atoms with van der Waals surface area (Å²) in [6, 6.07) is 0. The number of carbonyl (C=O) groups is 2. The van der Waals surface area contributed by atoms with Crippen molar-refractivity contribution < 1.29 is 9.59 Å². The Morgan fingerprint density at radius 3 is 2.04 bits per heavy atom. The van der Waals surface area contributed by atoms with Gasteiger partial charge in [-0.3, -0.25) is 14.5 Å². The molecule has 6 heteroatoms. The fourth-order valence-electron chi connectivity index (χ4n) is 2.89. The molecule has 0 aromatic heterocycles. The maximum absolute atomic E-state index is 13.0. The van der Waals surface area contributed by atoms with Crippen molar-refractivity contribution in [3.05, 3.63) is 23.3 Å². The van der Waals surface area contributed by atoms with E-state index >= 15 is 0 Å². The number of unbranched alkanes of at least 4 members (excludes halogenated alkanes) is 1. The fourth-order valence-corrected chi connectivity index (χ4v) is 3.75. The molecular weight excluding hydrogens is 358 g/mol. The third-order valence-electron chi connectivity index (χ3n) is 4.53. The highest BCUT2D eigenvalue weighted by atomic mass is 32.2. The smallest absolute Gasteiger partial charge is 0.239 e. The summed E-state index contributed by atoms with van der Waals surface area (Å²) in [5, 5.41) is 9.41. The first-order valence-electron chi connectivity index (χ1n) is 9.53. The van der Waals surface area contributed by atoms with E-state index in [9.17, 15) is 9.59 Å². The summed E-state index contributed by atoms with van der Waals surface area (Å²) in [6.45, 7) is 15.0. The molecular formula is C21H31N3O2S. The lowest BCUT2D eigenvalue weighted by molar-refractivity contribution is -0.124. The Kier molecular flexibility index (Phi) is 6.51. The van der Waals surface area contributed by atoms with Gasteiger partial charge in [0.2, 0.25) is 5.91 Å². The average Bonchev–Trinajstić information content (AvgIpc) is 2.89. The molecule has 0 unspecified atom stereocenters. The van der Waals surface area contributed by atoms with Crippen LogP contribution in [-0.2, 0) is 9.59 Å². The lowest BCUT2D eigenvalue weighted by atomic mass is 9.72. The molecule has 0 aromatic rings. The molecule has 27 heavy (non-hydrogen) atoms. The molecule has 2 rings (SSSR count). The van der Waals surface area contributed by atoms with Crippen LogP contribution in [0.3, 0.4) is 0 Å². The largest absolute Gasteiger partial charge is 0.289 e. The number of ketones is 1. The van der Waals surface area contributed by atoms with Gasteiger partial charge in [-0.2, -0.15) is 0 Å². The fraction of sp³-hybridized carbons (Fsp3) is 0.619. The van der Waals surface area contributed by atoms with E-state index in [1.54, 1.807) is 4.90 Å². The molecule has 1 fully saturated rings. The number of hydrogen-bond donors (Lipinski definition) is 0. The minimum atomic E-state index is -0.277. The second-order valence-corrected chi connectivity index (χ2v) is 9.98. The van der Waals surface area contributed by atoms with Gasteiger partial charge in [0.25, 0.3) is 0 Å². The van der Waals surface area contributed by atoms with Crippen LogP contribution in [0.2, 0.25) is 0 Å². The first kappa shape index (κ1) is 21.6. The van der Waals surface area contributed by atoms with Crippen LogP contribution in [0.1, 0.15) is 61.3 Å². The Bertz CT molecular complexity index is 710. The number of carbonyl (C=O) groups excluding carboxylic acids is 2. The first-order chi connectivity index (χ1) is 12.4. The molecule has 0 radical (unpaired) electrons. The Morgan fingerprint density at radius 2 is 1.56 bits per heavy atom. The molecule has 1 saturated heterocycles. The van der Waals surface area contributed by atoms with Gasteiger partial charge in [0, 0.05) is 17.7 Å². The number of Topliss-reactive ketones (excluding diaryl/α,β-unsaturated/α-hetero) is 1. The van der Waals surface area contributed by atoms with E-state index in [0.717, 1.165) is 24.0 Å². The topological polar surface area (TPSA) is 62.1 Å². The zero-order chi connectivity index (χ0) is 20.4. The Balaban J connectivity index is 2.41. The molecule has 148 valence electrons. The lowest BCUT2D eigenvalue weighted by Gasteiger charge is -2.30. The number of rotatable bonds is 4. The van der Waals surface area contributed by atoms with Crippen molar-refractivity contribution in [1.82, 2.24) is 4.90 Å². The molecule has 0 aromatic carbocycles. The van der Waals surface area contributed by atoms with Gasteiger partial charge in [-0.1, -0.05) is 66.6 Å². The van der Waals surface area contributed by atoms with E-state index in [1.165, 1.54) is 11.8 Å². The third kappa shape index (κ3) is 5.18. The van der Waals surface area contributed by atoms with Crippen molar-refractivity contribution in [2.75, 3.05) is 12.3 Å². The SMILES string of the molecule is CCCCN1C(=O)CS/C1=N/N=C1C=C(C(C)(C)C)C(=O)C(C(C)(C)C)=C1. The van der Waals surface area contributed by atoms with Crippen LogP contribution in [0.15, 0.2) is 33.5 Å². The van der Waals surface area contributed by atoms with Crippen LogP contribution >= 0.6 is 11.8 Å². The van der Waals surface area contributed by atoms with Gasteiger partial charge in [0.05, 0.1) is 11.5 Å². The summed E-state index contributed by atoms with van der Waals surface area (Å²) in [7, 11) is 0. The number of nitrogens with zero attached hydrogens (tertiary/aromatic N) is 3. The molecule has 0 atom stereocenters. The molecule has 1 heterocycles. The van der Waals surface area contributed by atoms with Gasteiger partial charge in [-0.25, -0.2) is 0 Å². The summed E-state index contributed by atoms with van der Waals surface area (Å²) >= 11 is 1.42. The Hall–Kier alpha value is -1.69. The van der Waals surface area contributed by atoms with Crippen LogP contribution in [0.4, 0.5) is 0 Å². The van der Waals surface area contributed by atoms with E-state index in [-0.39, 0.29) is 22.5 Å². The third-order valence-corrected chi connectivity index (χ3v) is 5.48. The Labute approximate surface area is 167 Å².